The average molecular weight is 425 g/mol. The molecule has 0 heterocycles. The molecule has 0 aromatic heterocycles. The summed E-state index contributed by atoms with van der Waals surface area (Å²) < 4.78 is 0. The summed E-state index contributed by atoms with van der Waals surface area (Å²) in [4.78, 5) is 0. The summed E-state index contributed by atoms with van der Waals surface area (Å²) in [5.41, 5.74) is 0. The molecular formula is H4Br4Ru. The van der Waals surface area contributed by atoms with Gasteiger partial charge in [0.25, 0.3) is 0 Å². The Balaban J connectivity index is 0. The molecule has 40 valence electrons. The van der Waals surface area contributed by atoms with E-state index in [1.807, 2.05) is 0 Å². The normalized spacial score (nSPS) is 0. The van der Waals surface area contributed by atoms with Crippen molar-refractivity contribution in [2.24, 2.45) is 0 Å². The van der Waals surface area contributed by atoms with Crippen molar-refractivity contribution < 1.29 is 19.5 Å². The molecule has 0 nitrogen and oxygen atoms in total. The smallest absolute Gasteiger partial charge is 0 e. The van der Waals surface area contributed by atoms with Gasteiger partial charge in [0, 0.05) is 19.5 Å². The SMILES string of the molecule is Br.Br.Br.Br.[Ru]. The van der Waals surface area contributed by atoms with Crippen LogP contribution in [0.4, 0.5) is 0 Å². The van der Waals surface area contributed by atoms with Crippen LogP contribution in [0.25, 0.3) is 0 Å². The van der Waals surface area contributed by atoms with E-state index in [0.29, 0.717) is 0 Å². The third kappa shape index (κ3) is 20.9. The van der Waals surface area contributed by atoms with E-state index >= 15 is 0 Å². The molecule has 5 heteroatoms. The number of rotatable bonds is 0. The van der Waals surface area contributed by atoms with Crippen LogP contribution >= 0.6 is 67.9 Å². The average Bonchev–Trinajstić information content (AvgIpc) is 0. The van der Waals surface area contributed by atoms with E-state index in [4.69, 9.17) is 0 Å². The fourth-order valence-corrected chi connectivity index (χ4v) is 0. The zero-order valence-corrected chi connectivity index (χ0v) is 10.6. The van der Waals surface area contributed by atoms with E-state index in [2.05, 4.69) is 0 Å². The molecule has 0 rings (SSSR count). The fourth-order valence-electron chi connectivity index (χ4n) is 0. The largest absolute Gasteiger partial charge is 0.114 e. The first-order chi connectivity index (χ1) is 0. The zero-order chi connectivity index (χ0) is 0. The van der Waals surface area contributed by atoms with Crippen molar-refractivity contribution in [2.45, 2.75) is 0 Å². The van der Waals surface area contributed by atoms with Gasteiger partial charge >= 0.3 is 0 Å². The van der Waals surface area contributed by atoms with Gasteiger partial charge in [-0.25, -0.2) is 0 Å². The molecular weight excluding hydrogens is 421 g/mol. The maximum atomic E-state index is 0. The van der Waals surface area contributed by atoms with Crippen molar-refractivity contribution in [2.75, 3.05) is 0 Å². The quantitative estimate of drug-likeness (QED) is 0.524. The van der Waals surface area contributed by atoms with Gasteiger partial charge in [-0.3, -0.25) is 0 Å². The van der Waals surface area contributed by atoms with Crippen LogP contribution in [0.15, 0.2) is 0 Å². The van der Waals surface area contributed by atoms with Crippen LogP contribution in [-0.2, 0) is 19.5 Å². The first-order valence-corrected chi connectivity index (χ1v) is 0. The third-order valence-corrected chi connectivity index (χ3v) is 0. The maximum absolute atomic E-state index is 0. The van der Waals surface area contributed by atoms with Crippen LogP contribution in [0.2, 0.25) is 0 Å². The summed E-state index contributed by atoms with van der Waals surface area (Å²) in [6.07, 6.45) is 0. The summed E-state index contributed by atoms with van der Waals surface area (Å²) >= 11 is 0. The van der Waals surface area contributed by atoms with Crippen molar-refractivity contribution in [1.29, 1.82) is 0 Å². The molecule has 0 aliphatic rings. The summed E-state index contributed by atoms with van der Waals surface area (Å²) in [6.45, 7) is 0. The van der Waals surface area contributed by atoms with Gasteiger partial charge in [-0.2, -0.15) is 0 Å². The molecule has 0 radical (unpaired) electrons. The van der Waals surface area contributed by atoms with Crippen molar-refractivity contribution in [3.8, 4) is 0 Å². The molecule has 0 saturated heterocycles. The molecule has 0 aromatic rings. The summed E-state index contributed by atoms with van der Waals surface area (Å²) in [5.74, 6) is 0. The predicted molar refractivity (Wildman–Crippen MR) is 41.3 cm³/mol. The number of hydrogen-bond acceptors (Lipinski definition) is 0. The van der Waals surface area contributed by atoms with Crippen molar-refractivity contribution >= 4 is 67.9 Å². The minimum Gasteiger partial charge on any atom is -0.114 e. The van der Waals surface area contributed by atoms with E-state index in [9.17, 15) is 0 Å². The number of hydrogen-bond donors (Lipinski definition) is 0. The van der Waals surface area contributed by atoms with Crippen LogP contribution in [0, 0.1) is 0 Å². The molecule has 0 fully saturated rings. The van der Waals surface area contributed by atoms with E-state index in [1.54, 1.807) is 0 Å². The maximum Gasteiger partial charge on any atom is 0 e. The Morgan fingerprint density at radius 3 is 0.400 bits per heavy atom. The first-order valence-electron chi connectivity index (χ1n) is 0. The van der Waals surface area contributed by atoms with E-state index in [-0.39, 0.29) is 87.4 Å². The first kappa shape index (κ1) is 49.9. The van der Waals surface area contributed by atoms with Crippen molar-refractivity contribution in [3.05, 3.63) is 0 Å². The van der Waals surface area contributed by atoms with Gasteiger partial charge in [-0.15, -0.1) is 67.9 Å². The molecule has 0 amide bonds. The fraction of sp³-hybridized carbons (Fsp3) is 0. The second kappa shape index (κ2) is 31.1. The zero-order valence-electron chi connectivity index (χ0n) is 1.99. The second-order valence-electron chi connectivity index (χ2n) is 0. The standard InChI is InChI=1S/4BrH.Ru/h4*1H;. The molecule has 0 spiro atoms. The molecule has 0 aliphatic carbocycles. The molecule has 0 aromatic carbocycles. The van der Waals surface area contributed by atoms with Gasteiger partial charge in [0.2, 0.25) is 0 Å². The Morgan fingerprint density at radius 1 is 0.400 bits per heavy atom. The minimum atomic E-state index is 0. The number of halogens is 4. The molecule has 0 saturated carbocycles. The molecule has 0 N–H and O–H groups in total. The third-order valence-electron chi connectivity index (χ3n) is 0. The Hall–Kier alpha value is 2.54. The summed E-state index contributed by atoms with van der Waals surface area (Å²) in [7, 11) is 0. The van der Waals surface area contributed by atoms with Gasteiger partial charge < -0.3 is 0 Å². The van der Waals surface area contributed by atoms with Gasteiger partial charge in [0.1, 0.15) is 0 Å². The topological polar surface area (TPSA) is 0 Å². The Morgan fingerprint density at radius 2 is 0.400 bits per heavy atom. The Labute approximate surface area is 86.3 Å². The summed E-state index contributed by atoms with van der Waals surface area (Å²) in [6, 6.07) is 0. The van der Waals surface area contributed by atoms with Gasteiger partial charge in [-0.05, 0) is 0 Å². The van der Waals surface area contributed by atoms with Crippen LogP contribution < -0.4 is 0 Å². The molecule has 5 heavy (non-hydrogen) atoms. The second-order valence-corrected chi connectivity index (χ2v) is 0. The van der Waals surface area contributed by atoms with Gasteiger partial charge in [-0.1, -0.05) is 0 Å². The van der Waals surface area contributed by atoms with Gasteiger partial charge in [0.15, 0.2) is 0 Å². The minimum absolute atomic E-state index is 0. The monoisotopic (exact) mass is 422 g/mol. The van der Waals surface area contributed by atoms with Crippen molar-refractivity contribution in [1.82, 2.24) is 0 Å². The Kier molecular flexibility index (Phi) is 310. The molecule has 0 aliphatic heterocycles. The van der Waals surface area contributed by atoms with Gasteiger partial charge in [0.05, 0.1) is 0 Å². The Bertz CT molecular complexity index is 3.61. The molecule has 0 bridgehead atoms. The van der Waals surface area contributed by atoms with Crippen LogP contribution in [0.3, 0.4) is 0 Å². The van der Waals surface area contributed by atoms with E-state index in [0.717, 1.165) is 0 Å². The van der Waals surface area contributed by atoms with E-state index in [1.165, 1.54) is 0 Å². The molecule has 0 unspecified atom stereocenters. The summed E-state index contributed by atoms with van der Waals surface area (Å²) in [5, 5.41) is 0. The van der Waals surface area contributed by atoms with Crippen LogP contribution in [0.5, 0.6) is 0 Å². The molecule has 0 atom stereocenters. The van der Waals surface area contributed by atoms with Crippen molar-refractivity contribution in [3.63, 3.8) is 0 Å². The van der Waals surface area contributed by atoms with Crippen LogP contribution in [-0.4, -0.2) is 0 Å². The van der Waals surface area contributed by atoms with E-state index < -0.39 is 0 Å². The predicted octanol–water partition coefficient (Wildman–Crippen LogP) is 2.31. The van der Waals surface area contributed by atoms with Crippen LogP contribution in [0.1, 0.15) is 0 Å².